The van der Waals surface area contributed by atoms with Gasteiger partial charge >= 0.3 is 5.97 Å². The Balaban J connectivity index is 3.99. The van der Waals surface area contributed by atoms with Crippen molar-refractivity contribution < 1.29 is 19.0 Å². The van der Waals surface area contributed by atoms with E-state index in [0.717, 1.165) is 58.2 Å². The van der Waals surface area contributed by atoms with Crippen molar-refractivity contribution in [2.75, 3.05) is 13.2 Å². The lowest BCUT2D eigenvalue weighted by Gasteiger charge is -2.19. The predicted octanol–water partition coefficient (Wildman–Crippen LogP) is 8.75. The number of ether oxygens (including phenoxy) is 3. The zero-order chi connectivity index (χ0) is 23.7. The first-order valence-electron chi connectivity index (χ1n) is 14.0. The smallest absolute Gasteiger partial charge is 0.302 e. The van der Waals surface area contributed by atoms with E-state index >= 15 is 0 Å². The van der Waals surface area contributed by atoms with E-state index < -0.39 is 0 Å². The van der Waals surface area contributed by atoms with Gasteiger partial charge < -0.3 is 14.2 Å². The summed E-state index contributed by atoms with van der Waals surface area (Å²) < 4.78 is 17.6. The molecule has 0 amide bonds. The SMILES string of the molecule is CCCCCCCCOC(CCCCCCC(CC)OC(C)=O)OCCCCCCCC. The van der Waals surface area contributed by atoms with Crippen molar-refractivity contribution in [3.63, 3.8) is 0 Å². The largest absolute Gasteiger partial charge is 0.463 e. The Bertz CT molecular complexity index is 368. The van der Waals surface area contributed by atoms with Crippen LogP contribution in [0.2, 0.25) is 0 Å². The molecule has 1 atom stereocenters. The fourth-order valence-electron chi connectivity index (χ4n) is 4.03. The van der Waals surface area contributed by atoms with E-state index in [1.807, 2.05) is 0 Å². The molecule has 0 heterocycles. The molecule has 0 saturated carbocycles. The quantitative estimate of drug-likeness (QED) is 0.0782. The van der Waals surface area contributed by atoms with Crippen LogP contribution in [-0.2, 0) is 19.0 Å². The van der Waals surface area contributed by atoms with Gasteiger partial charge in [-0.1, -0.05) is 97.8 Å². The molecule has 32 heavy (non-hydrogen) atoms. The average molecular weight is 457 g/mol. The van der Waals surface area contributed by atoms with Gasteiger partial charge in [0.2, 0.25) is 0 Å². The first-order valence-corrected chi connectivity index (χ1v) is 14.0. The average Bonchev–Trinajstić information content (AvgIpc) is 2.78. The van der Waals surface area contributed by atoms with Gasteiger partial charge in [0.25, 0.3) is 0 Å². The van der Waals surface area contributed by atoms with Crippen LogP contribution in [0.3, 0.4) is 0 Å². The van der Waals surface area contributed by atoms with Crippen molar-refractivity contribution >= 4 is 5.97 Å². The van der Waals surface area contributed by atoms with Crippen molar-refractivity contribution in [2.45, 2.75) is 162 Å². The van der Waals surface area contributed by atoms with Crippen LogP contribution >= 0.6 is 0 Å². The standard InChI is InChI=1S/C28H56O4/c1-5-8-10-12-16-20-24-30-28(31-25-21-17-13-11-9-6-2)23-19-15-14-18-22-27(7-3)32-26(4)29/h27-28H,5-25H2,1-4H3. The summed E-state index contributed by atoms with van der Waals surface area (Å²) in [5, 5.41) is 0. The first kappa shape index (κ1) is 31.4. The molecule has 0 saturated heterocycles. The van der Waals surface area contributed by atoms with Gasteiger partial charge in [0, 0.05) is 20.1 Å². The number of hydrogen-bond donors (Lipinski definition) is 0. The van der Waals surface area contributed by atoms with Gasteiger partial charge in [-0.3, -0.25) is 4.79 Å². The lowest BCUT2D eigenvalue weighted by molar-refractivity contribution is -0.148. The summed E-state index contributed by atoms with van der Waals surface area (Å²) >= 11 is 0. The Kier molecular flexibility index (Phi) is 24.5. The normalized spacial score (nSPS) is 12.4. The van der Waals surface area contributed by atoms with E-state index in [9.17, 15) is 4.79 Å². The van der Waals surface area contributed by atoms with Gasteiger partial charge in [-0.2, -0.15) is 0 Å². The minimum absolute atomic E-state index is 0.0364. The third-order valence-electron chi connectivity index (χ3n) is 6.11. The molecule has 0 aromatic heterocycles. The van der Waals surface area contributed by atoms with Crippen molar-refractivity contribution in [1.82, 2.24) is 0 Å². The second-order valence-electron chi connectivity index (χ2n) is 9.34. The van der Waals surface area contributed by atoms with E-state index in [4.69, 9.17) is 14.2 Å². The van der Waals surface area contributed by atoms with Crippen molar-refractivity contribution in [2.24, 2.45) is 0 Å². The Morgan fingerprint density at radius 1 is 0.594 bits per heavy atom. The number of carbonyl (C=O) groups is 1. The monoisotopic (exact) mass is 456 g/mol. The molecule has 0 fully saturated rings. The molecule has 192 valence electrons. The van der Waals surface area contributed by atoms with Crippen LogP contribution in [0.25, 0.3) is 0 Å². The van der Waals surface area contributed by atoms with Crippen LogP contribution in [0, 0.1) is 0 Å². The number of unbranched alkanes of at least 4 members (excludes halogenated alkanes) is 13. The van der Waals surface area contributed by atoms with Gasteiger partial charge in [0.05, 0.1) is 0 Å². The van der Waals surface area contributed by atoms with E-state index in [1.54, 1.807) is 0 Å². The third kappa shape index (κ3) is 22.6. The van der Waals surface area contributed by atoms with Crippen LogP contribution in [0.15, 0.2) is 0 Å². The van der Waals surface area contributed by atoms with Gasteiger partial charge in [0.1, 0.15) is 6.10 Å². The molecule has 0 aliphatic carbocycles. The number of rotatable bonds is 25. The number of carbonyl (C=O) groups excluding carboxylic acids is 1. The van der Waals surface area contributed by atoms with E-state index in [2.05, 4.69) is 20.8 Å². The highest BCUT2D eigenvalue weighted by atomic mass is 16.7. The zero-order valence-electron chi connectivity index (χ0n) is 22.1. The van der Waals surface area contributed by atoms with E-state index in [-0.39, 0.29) is 18.4 Å². The summed E-state index contributed by atoms with van der Waals surface area (Å²) in [5.74, 6) is -0.162. The molecule has 0 rings (SSSR count). The van der Waals surface area contributed by atoms with Gasteiger partial charge in [0.15, 0.2) is 6.29 Å². The second-order valence-corrected chi connectivity index (χ2v) is 9.34. The summed E-state index contributed by atoms with van der Waals surface area (Å²) in [4.78, 5) is 11.1. The molecule has 0 aliphatic rings. The molecule has 0 N–H and O–H groups in total. The van der Waals surface area contributed by atoms with Crippen molar-refractivity contribution in [3.05, 3.63) is 0 Å². The molecule has 0 radical (unpaired) electrons. The Hall–Kier alpha value is -0.610. The Labute approximate surface area is 200 Å². The topological polar surface area (TPSA) is 44.8 Å². The zero-order valence-corrected chi connectivity index (χ0v) is 22.1. The van der Waals surface area contributed by atoms with Gasteiger partial charge in [-0.25, -0.2) is 0 Å². The van der Waals surface area contributed by atoms with E-state index in [0.29, 0.717) is 0 Å². The fraction of sp³-hybridized carbons (Fsp3) is 0.964. The molecular weight excluding hydrogens is 400 g/mol. The summed E-state index contributed by atoms with van der Waals surface area (Å²) in [5.41, 5.74) is 0. The maximum absolute atomic E-state index is 11.1. The summed E-state index contributed by atoms with van der Waals surface area (Å²) in [7, 11) is 0. The summed E-state index contributed by atoms with van der Waals surface area (Å²) in [6, 6.07) is 0. The fourth-order valence-corrected chi connectivity index (χ4v) is 4.03. The summed E-state index contributed by atoms with van der Waals surface area (Å²) in [6.07, 6.45) is 23.0. The number of hydrogen-bond acceptors (Lipinski definition) is 4. The second kappa shape index (κ2) is 25.0. The van der Waals surface area contributed by atoms with Gasteiger partial charge in [-0.15, -0.1) is 0 Å². The first-order chi connectivity index (χ1) is 15.6. The molecule has 0 spiro atoms. The maximum Gasteiger partial charge on any atom is 0.302 e. The van der Waals surface area contributed by atoms with Crippen LogP contribution in [0.4, 0.5) is 0 Å². The molecule has 4 heteroatoms. The highest BCUT2D eigenvalue weighted by Gasteiger charge is 2.11. The highest BCUT2D eigenvalue weighted by molar-refractivity contribution is 5.66. The van der Waals surface area contributed by atoms with Crippen molar-refractivity contribution in [3.8, 4) is 0 Å². The Morgan fingerprint density at radius 2 is 1.03 bits per heavy atom. The number of esters is 1. The van der Waals surface area contributed by atoms with Crippen molar-refractivity contribution in [1.29, 1.82) is 0 Å². The molecule has 4 nitrogen and oxygen atoms in total. The minimum Gasteiger partial charge on any atom is -0.463 e. The predicted molar refractivity (Wildman–Crippen MR) is 136 cm³/mol. The van der Waals surface area contributed by atoms with Crippen LogP contribution < -0.4 is 0 Å². The lowest BCUT2D eigenvalue weighted by Crippen LogP contribution is -2.19. The Morgan fingerprint density at radius 3 is 1.50 bits per heavy atom. The van der Waals surface area contributed by atoms with Crippen LogP contribution in [-0.4, -0.2) is 31.6 Å². The van der Waals surface area contributed by atoms with Crippen LogP contribution in [0.5, 0.6) is 0 Å². The molecule has 0 bridgehead atoms. The molecule has 0 aliphatic heterocycles. The highest BCUT2D eigenvalue weighted by Crippen LogP contribution is 2.15. The molecule has 1 unspecified atom stereocenters. The summed E-state index contributed by atoms with van der Waals surface area (Å²) in [6.45, 7) is 9.76. The third-order valence-corrected chi connectivity index (χ3v) is 6.11. The molecule has 0 aromatic carbocycles. The van der Waals surface area contributed by atoms with Gasteiger partial charge in [-0.05, 0) is 44.9 Å². The minimum atomic E-state index is -0.162. The molecular formula is C28H56O4. The lowest BCUT2D eigenvalue weighted by atomic mass is 10.1. The maximum atomic E-state index is 11.1. The van der Waals surface area contributed by atoms with Crippen LogP contribution in [0.1, 0.15) is 150 Å². The van der Waals surface area contributed by atoms with E-state index in [1.165, 1.54) is 84.0 Å². The molecule has 0 aromatic rings.